The Bertz CT molecular complexity index is 406. The number of rotatable bonds is 5. The Morgan fingerprint density at radius 1 is 1.37 bits per heavy atom. The summed E-state index contributed by atoms with van der Waals surface area (Å²) in [5, 5.41) is 19.6. The molecule has 0 heterocycles. The maximum absolute atomic E-state index is 10.8. The Labute approximate surface area is 111 Å². The zero-order valence-corrected chi connectivity index (χ0v) is 10.7. The number of hydrogen-bond donors (Lipinski definition) is 2. The number of aliphatic hydroxyl groups is 2. The highest BCUT2D eigenvalue weighted by atomic mass is 16.5. The van der Waals surface area contributed by atoms with E-state index in [9.17, 15) is 19.8 Å². The van der Waals surface area contributed by atoms with Crippen LogP contribution in [0.3, 0.4) is 0 Å². The summed E-state index contributed by atoms with van der Waals surface area (Å²) in [6, 6.07) is 0. The molecule has 0 unspecified atom stereocenters. The number of hydrogen-bond acceptors (Lipinski definition) is 5. The van der Waals surface area contributed by atoms with Gasteiger partial charge in [0.05, 0.1) is 19.3 Å². The van der Waals surface area contributed by atoms with Gasteiger partial charge in [-0.3, -0.25) is 0 Å². The van der Waals surface area contributed by atoms with Crippen LogP contribution in [0.4, 0.5) is 0 Å². The molecule has 0 radical (unpaired) electrons. The summed E-state index contributed by atoms with van der Waals surface area (Å²) in [7, 11) is 1.29. The zero-order chi connectivity index (χ0) is 14.3. The Hall–Kier alpha value is -1.68. The first-order chi connectivity index (χ1) is 9.10. The number of ether oxygens (including phenoxy) is 1. The minimum Gasteiger partial charge on any atom is -0.466 e. The van der Waals surface area contributed by atoms with E-state index in [4.69, 9.17) is 0 Å². The quantitative estimate of drug-likeness (QED) is 0.326. The summed E-state index contributed by atoms with van der Waals surface area (Å²) in [6.07, 6.45) is 6.80. The number of aliphatic hydroxyl groups excluding tert-OH is 2. The molecule has 0 aromatic carbocycles. The molecule has 0 amide bonds. The number of allylic oxidation sites excluding steroid dienone is 3. The second-order valence-corrected chi connectivity index (χ2v) is 4.44. The molecule has 0 spiro atoms. The minimum absolute atomic E-state index is 0.209. The van der Waals surface area contributed by atoms with E-state index in [0.29, 0.717) is 6.42 Å². The molecule has 0 aromatic rings. The smallest absolute Gasteiger partial charge is 0.330 e. The summed E-state index contributed by atoms with van der Waals surface area (Å²) >= 11 is 0. The van der Waals surface area contributed by atoms with Crippen molar-refractivity contribution in [3.63, 3.8) is 0 Å². The third kappa shape index (κ3) is 4.48. The Balaban J connectivity index is 2.67. The van der Waals surface area contributed by atoms with Crippen LogP contribution in [0, 0.1) is 11.8 Å². The van der Waals surface area contributed by atoms with Crippen molar-refractivity contribution in [2.45, 2.75) is 25.0 Å². The van der Waals surface area contributed by atoms with Crippen molar-refractivity contribution in [1.29, 1.82) is 0 Å². The number of carbonyl (C=O) groups excluding carboxylic acids is 2. The van der Waals surface area contributed by atoms with Crippen LogP contribution >= 0.6 is 0 Å². The van der Waals surface area contributed by atoms with Gasteiger partial charge in [-0.1, -0.05) is 18.2 Å². The van der Waals surface area contributed by atoms with E-state index >= 15 is 0 Å². The van der Waals surface area contributed by atoms with Gasteiger partial charge in [0.2, 0.25) is 0 Å². The second-order valence-electron chi connectivity index (χ2n) is 4.44. The van der Waals surface area contributed by atoms with E-state index in [1.54, 1.807) is 18.1 Å². The fourth-order valence-electron chi connectivity index (χ4n) is 2.29. The SMILES string of the molecule is COC(=O)/C=C/C=C/[C@H]1[C@@H](CC=C=O)[C@H](O)C[C@@H]1O. The van der Waals surface area contributed by atoms with Crippen LogP contribution in [0.15, 0.2) is 30.4 Å². The highest BCUT2D eigenvalue weighted by Crippen LogP contribution is 2.35. The van der Waals surface area contributed by atoms with Gasteiger partial charge in [-0.25, -0.2) is 9.59 Å². The highest BCUT2D eigenvalue weighted by Gasteiger charge is 2.39. The molecule has 5 heteroatoms. The third-order valence-corrected chi connectivity index (χ3v) is 3.27. The molecular formula is C14H18O5. The van der Waals surface area contributed by atoms with Crippen molar-refractivity contribution in [2.24, 2.45) is 11.8 Å². The van der Waals surface area contributed by atoms with E-state index < -0.39 is 18.2 Å². The maximum atomic E-state index is 10.8. The van der Waals surface area contributed by atoms with Gasteiger partial charge in [-0.05, 0) is 12.3 Å². The lowest BCUT2D eigenvalue weighted by atomic mass is 9.90. The van der Waals surface area contributed by atoms with Crippen molar-refractivity contribution in [3.05, 3.63) is 30.4 Å². The number of methoxy groups -OCH3 is 1. The Morgan fingerprint density at radius 2 is 2.11 bits per heavy atom. The highest BCUT2D eigenvalue weighted by molar-refractivity contribution is 5.82. The molecule has 104 valence electrons. The van der Waals surface area contributed by atoms with Crippen LogP contribution in [-0.4, -0.2) is 41.4 Å². The summed E-state index contributed by atoms with van der Waals surface area (Å²) in [6.45, 7) is 0. The van der Waals surface area contributed by atoms with Gasteiger partial charge in [0, 0.05) is 24.5 Å². The molecule has 2 N–H and O–H groups in total. The maximum Gasteiger partial charge on any atom is 0.330 e. The summed E-state index contributed by atoms with van der Waals surface area (Å²) in [4.78, 5) is 21.1. The molecule has 1 rings (SSSR count). The fourth-order valence-corrected chi connectivity index (χ4v) is 2.29. The zero-order valence-electron chi connectivity index (χ0n) is 10.7. The molecule has 0 bridgehead atoms. The molecule has 1 fully saturated rings. The topological polar surface area (TPSA) is 83.8 Å². The van der Waals surface area contributed by atoms with Crippen LogP contribution in [0.5, 0.6) is 0 Å². The molecule has 19 heavy (non-hydrogen) atoms. The van der Waals surface area contributed by atoms with Gasteiger partial charge in [0.1, 0.15) is 5.94 Å². The van der Waals surface area contributed by atoms with Crippen LogP contribution in [0.25, 0.3) is 0 Å². The molecule has 1 saturated carbocycles. The van der Waals surface area contributed by atoms with Crippen molar-refractivity contribution in [3.8, 4) is 0 Å². The fraction of sp³-hybridized carbons (Fsp3) is 0.500. The third-order valence-electron chi connectivity index (χ3n) is 3.27. The van der Waals surface area contributed by atoms with Crippen molar-refractivity contribution < 1.29 is 24.5 Å². The number of esters is 1. The van der Waals surface area contributed by atoms with E-state index in [1.807, 2.05) is 0 Å². The average molecular weight is 266 g/mol. The van der Waals surface area contributed by atoms with E-state index in [2.05, 4.69) is 4.74 Å². The summed E-state index contributed by atoms with van der Waals surface area (Å²) < 4.78 is 4.44. The summed E-state index contributed by atoms with van der Waals surface area (Å²) in [5.41, 5.74) is 0. The molecule has 1 aliphatic carbocycles. The average Bonchev–Trinajstić information content (AvgIpc) is 2.66. The summed E-state index contributed by atoms with van der Waals surface area (Å²) in [5.74, 6) is 0.755. The minimum atomic E-state index is -0.650. The molecule has 4 atom stereocenters. The lowest BCUT2D eigenvalue weighted by molar-refractivity contribution is -0.134. The molecular weight excluding hydrogens is 248 g/mol. The molecule has 0 aromatic heterocycles. The largest absolute Gasteiger partial charge is 0.466 e. The first kappa shape index (κ1) is 15.4. The lowest BCUT2D eigenvalue weighted by Gasteiger charge is -2.18. The van der Waals surface area contributed by atoms with Crippen molar-refractivity contribution >= 4 is 11.9 Å². The standard InChI is InChI=1S/C14H18O5/c1-19-14(18)7-3-2-5-10-11(6-4-8-15)13(17)9-12(10)16/h2-5,7,10-13,16-17H,6,9H2,1H3/b5-2+,7-3+/t10-,11+,12-,13+/m0/s1. The van der Waals surface area contributed by atoms with Gasteiger partial charge in [0.15, 0.2) is 0 Å². The van der Waals surface area contributed by atoms with Crippen LogP contribution in [-0.2, 0) is 14.3 Å². The van der Waals surface area contributed by atoms with Crippen LogP contribution in [0.2, 0.25) is 0 Å². The second kappa shape index (κ2) is 7.69. The molecule has 1 aliphatic rings. The van der Waals surface area contributed by atoms with Gasteiger partial charge in [0.25, 0.3) is 0 Å². The predicted octanol–water partition coefficient (Wildman–Crippen LogP) is 0.408. The van der Waals surface area contributed by atoms with Crippen LogP contribution in [0.1, 0.15) is 12.8 Å². The predicted molar refractivity (Wildman–Crippen MR) is 68.8 cm³/mol. The molecule has 0 saturated heterocycles. The van der Waals surface area contributed by atoms with Gasteiger partial charge in [-0.15, -0.1) is 0 Å². The van der Waals surface area contributed by atoms with Gasteiger partial charge in [-0.2, -0.15) is 0 Å². The monoisotopic (exact) mass is 266 g/mol. The normalized spacial score (nSPS) is 30.7. The van der Waals surface area contributed by atoms with Gasteiger partial charge >= 0.3 is 5.97 Å². The van der Waals surface area contributed by atoms with E-state index in [-0.39, 0.29) is 18.3 Å². The lowest BCUT2D eigenvalue weighted by Crippen LogP contribution is -2.19. The van der Waals surface area contributed by atoms with E-state index in [0.717, 1.165) is 0 Å². The number of carbonyl (C=O) groups is 1. The van der Waals surface area contributed by atoms with Crippen LogP contribution < -0.4 is 0 Å². The first-order valence-electron chi connectivity index (χ1n) is 6.08. The van der Waals surface area contributed by atoms with Crippen molar-refractivity contribution in [1.82, 2.24) is 0 Å². The van der Waals surface area contributed by atoms with E-state index in [1.165, 1.54) is 25.3 Å². The molecule has 5 nitrogen and oxygen atoms in total. The van der Waals surface area contributed by atoms with Gasteiger partial charge < -0.3 is 14.9 Å². The Kier molecular flexibility index (Phi) is 6.22. The Morgan fingerprint density at radius 3 is 2.74 bits per heavy atom. The molecule has 0 aliphatic heterocycles. The van der Waals surface area contributed by atoms with Crippen molar-refractivity contribution in [2.75, 3.05) is 7.11 Å². The first-order valence-corrected chi connectivity index (χ1v) is 6.08.